The number of esters is 1. The van der Waals surface area contributed by atoms with Crippen LogP contribution in [0.5, 0.6) is 5.75 Å². The second-order valence-electron chi connectivity index (χ2n) is 3.84. The third kappa shape index (κ3) is 4.46. The van der Waals surface area contributed by atoms with Gasteiger partial charge in [0.2, 0.25) is 0 Å². The van der Waals surface area contributed by atoms with Crippen LogP contribution in [0.2, 0.25) is 0 Å². The molecule has 0 aliphatic carbocycles. The van der Waals surface area contributed by atoms with Gasteiger partial charge >= 0.3 is 5.97 Å². The van der Waals surface area contributed by atoms with E-state index in [1.54, 1.807) is 26.2 Å². The topological polar surface area (TPSA) is 96.3 Å². The summed E-state index contributed by atoms with van der Waals surface area (Å²) < 4.78 is 10.3. The quantitative estimate of drug-likeness (QED) is 0.259. The Morgan fingerprint density at radius 3 is 2.90 bits per heavy atom. The van der Waals surface area contributed by atoms with E-state index in [-0.39, 0.29) is 6.54 Å². The molecule has 0 bridgehead atoms. The highest BCUT2D eigenvalue weighted by Gasteiger charge is 2.24. The summed E-state index contributed by atoms with van der Waals surface area (Å²) in [4.78, 5) is 14.7. The van der Waals surface area contributed by atoms with Gasteiger partial charge < -0.3 is 14.8 Å². The molecule has 0 aliphatic rings. The highest BCUT2D eigenvalue weighted by atomic mass is 16.5. The molecule has 0 radical (unpaired) electrons. The van der Waals surface area contributed by atoms with Gasteiger partial charge in [-0.15, -0.1) is 0 Å². The molecule has 1 aromatic rings. The van der Waals surface area contributed by atoms with Crippen LogP contribution in [0.25, 0.3) is 10.4 Å². The fourth-order valence-corrected chi connectivity index (χ4v) is 1.75. The predicted molar refractivity (Wildman–Crippen MR) is 74.4 cm³/mol. The first-order valence-electron chi connectivity index (χ1n) is 6.28. The molecule has 0 saturated heterocycles. The van der Waals surface area contributed by atoms with E-state index >= 15 is 0 Å². The molecule has 1 atom stereocenters. The van der Waals surface area contributed by atoms with Crippen LogP contribution in [-0.4, -0.2) is 32.8 Å². The van der Waals surface area contributed by atoms with Crippen molar-refractivity contribution in [1.29, 1.82) is 0 Å². The first-order chi connectivity index (χ1) is 9.74. The van der Waals surface area contributed by atoms with Gasteiger partial charge in [0.15, 0.2) is 0 Å². The molecule has 0 saturated carbocycles. The summed E-state index contributed by atoms with van der Waals surface area (Å²) in [5, 5.41) is 6.43. The number of methoxy groups -OCH3 is 1. The SMILES string of the molecule is CCOC(=O)C(NCCN=[N+]=[N-])c1ccccc1OC. The Balaban J connectivity index is 2.90. The van der Waals surface area contributed by atoms with Crippen molar-refractivity contribution >= 4 is 5.97 Å². The summed E-state index contributed by atoms with van der Waals surface area (Å²) in [6.45, 7) is 2.66. The second-order valence-corrected chi connectivity index (χ2v) is 3.84. The van der Waals surface area contributed by atoms with Crippen molar-refractivity contribution in [2.45, 2.75) is 13.0 Å². The maximum Gasteiger partial charge on any atom is 0.327 e. The van der Waals surface area contributed by atoms with Gasteiger partial charge in [0.25, 0.3) is 0 Å². The van der Waals surface area contributed by atoms with Crippen LogP contribution in [0.4, 0.5) is 0 Å². The Bertz CT molecular complexity index is 486. The maximum absolute atomic E-state index is 12.0. The maximum atomic E-state index is 12.0. The smallest absolute Gasteiger partial charge is 0.327 e. The first-order valence-corrected chi connectivity index (χ1v) is 6.28. The van der Waals surface area contributed by atoms with Gasteiger partial charge in [-0.05, 0) is 18.5 Å². The highest BCUT2D eigenvalue weighted by Crippen LogP contribution is 2.25. The van der Waals surface area contributed by atoms with E-state index in [1.165, 1.54) is 0 Å². The average Bonchev–Trinajstić information content (AvgIpc) is 2.47. The molecule has 1 N–H and O–H groups in total. The zero-order valence-corrected chi connectivity index (χ0v) is 11.6. The average molecular weight is 278 g/mol. The number of azide groups is 1. The Hall–Kier alpha value is -2.24. The van der Waals surface area contributed by atoms with Crippen LogP contribution in [0.3, 0.4) is 0 Å². The minimum Gasteiger partial charge on any atom is -0.496 e. The molecule has 1 aromatic carbocycles. The van der Waals surface area contributed by atoms with Crippen molar-refractivity contribution in [1.82, 2.24) is 5.32 Å². The largest absolute Gasteiger partial charge is 0.496 e. The lowest BCUT2D eigenvalue weighted by atomic mass is 10.1. The highest BCUT2D eigenvalue weighted by molar-refractivity contribution is 5.78. The van der Waals surface area contributed by atoms with Crippen molar-refractivity contribution < 1.29 is 14.3 Å². The zero-order valence-electron chi connectivity index (χ0n) is 11.6. The number of carbonyl (C=O) groups excluding carboxylic acids is 1. The molecule has 0 spiro atoms. The van der Waals surface area contributed by atoms with E-state index < -0.39 is 12.0 Å². The van der Waals surface area contributed by atoms with Crippen LogP contribution < -0.4 is 10.1 Å². The summed E-state index contributed by atoms with van der Waals surface area (Å²) >= 11 is 0. The second kappa shape index (κ2) is 8.79. The van der Waals surface area contributed by atoms with Crippen molar-refractivity contribution in [3.8, 4) is 5.75 Å². The monoisotopic (exact) mass is 278 g/mol. The Labute approximate surface area is 117 Å². The van der Waals surface area contributed by atoms with E-state index in [9.17, 15) is 4.79 Å². The van der Waals surface area contributed by atoms with E-state index in [0.29, 0.717) is 24.5 Å². The number of para-hydroxylation sites is 1. The number of rotatable bonds is 8. The van der Waals surface area contributed by atoms with Gasteiger partial charge in [-0.2, -0.15) is 0 Å². The van der Waals surface area contributed by atoms with Gasteiger partial charge in [-0.25, -0.2) is 4.79 Å². The van der Waals surface area contributed by atoms with E-state index in [1.807, 2.05) is 12.1 Å². The van der Waals surface area contributed by atoms with Gasteiger partial charge in [0.05, 0.1) is 13.7 Å². The molecule has 108 valence electrons. The summed E-state index contributed by atoms with van der Waals surface area (Å²) in [5.74, 6) is 0.208. The molecule has 0 aromatic heterocycles. The minimum atomic E-state index is -0.653. The summed E-state index contributed by atoms with van der Waals surface area (Å²) in [5.41, 5.74) is 8.93. The molecular weight excluding hydrogens is 260 g/mol. The Kier molecular flexibility index (Phi) is 6.95. The number of hydrogen-bond donors (Lipinski definition) is 1. The normalized spacial score (nSPS) is 11.3. The van der Waals surface area contributed by atoms with Gasteiger partial charge in [-0.1, -0.05) is 23.3 Å². The van der Waals surface area contributed by atoms with E-state index in [4.69, 9.17) is 15.0 Å². The molecule has 0 aliphatic heterocycles. The number of hydrogen-bond acceptors (Lipinski definition) is 5. The third-order valence-electron chi connectivity index (χ3n) is 2.60. The van der Waals surface area contributed by atoms with Crippen LogP contribution in [0.15, 0.2) is 29.4 Å². The fraction of sp³-hybridized carbons (Fsp3) is 0.462. The van der Waals surface area contributed by atoms with Crippen LogP contribution in [0.1, 0.15) is 18.5 Å². The number of ether oxygens (including phenoxy) is 2. The molecule has 20 heavy (non-hydrogen) atoms. The van der Waals surface area contributed by atoms with E-state index in [0.717, 1.165) is 0 Å². The lowest BCUT2D eigenvalue weighted by Gasteiger charge is -2.19. The number of carbonyl (C=O) groups is 1. The molecule has 0 amide bonds. The molecule has 1 rings (SSSR count). The zero-order chi connectivity index (χ0) is 14.8. The van der Waals surface area contributed by atoms with Crippen molar-refractivity contribution in [2.24, 2.45) is 5.11 Å². The molecule has 7 heteroatoms. The summed E-state index contributed by atoms with van der Waals surface area (Å²) in [7, 11) is 1.54. The van der Waals surface area contributed by atoms with Crippen LogP contribution >= 0.6 is 0 Å². The van der Waals surface area contributed by atoms with Gasteiger partial charge in [-0.3, -0.25) is 0 Å². The fourth-order valence-electron chi connectivity index (χ4n) is 1.75. The molecule has 7 nitrogen and oxygen atoms in total. The number of nitrogens with zero attached hydrogens (tertiary/aromatic N) is 3. The van der Waals surface area contributed by atoms with Crippen molar-refractivity contribution in [3.63, 3.8) is 0 Å². The first kappa shape index (κ1) is 15.8. The van der Waals surface area contributed by atoms with Crippen molar-refractivity contribution in [3.05, 3.63) is 40.3 Å². The molecule has 0 heterocycles. The third-order valence-corrected chi connectivity index (χ3v) is 2.60. The number of benzene rings is 1. The van der Waals surface area contributed by atoms with Crippen molar-refractivity contribution in [2.75, 3.05) is 26.8 Å². The Morgan fingerprint density at radius 1 is 1.50 bits per heavy atom. The Morgan fingerprint density at radius 2 is 2.25 bits per heavy atom. The van der Waals surface area contributed by atoms with Crippen LogP contribution in [0, 0.1) is 0 Å². The predicted octanol–water partition coefficient (Wildman–Crippen LogP) is 2.20. The lowest BCUT2D eigenvalue weighted by Crippen LogP contribution is -2.32. The lowest BCUT2D eigenvalue weighted by molar-refractivity contribution is -0.145. The number of nitrogens with one attached hydrogen (secondary N) is 1. The van der Waals surface area contributed by atoms with E-state index in [2.05, 4.69) is 15.3 Å². The van der Waals surface area contributed by atoms with Gasteiger partial charge in [0.1, 0.15) is 11.8 Å². The standard InChI is InChI=1S/C13H18N4O3/c1-3-20-13(18)12(15-8-9-16-17-14)10-6-4-5-7-11(10)19-2/h4-7,12,15H,3,8-9H2,1-2H3. The summed E-state index contributed by atoms with van der Waals surface area (Å²) in [6.07, 6.45) is 0. The van der Waals surface area contributed by atoms with Gasteiger partial charge in [0, 0.05) is 23.6 Å². The minimum absolute atomic E-state index is 0.252. The molecule has 1 unspecified atom stereocenters. The van der Waals surface area contributed by atoms with Crippen LogP contribution in [-0.2, 0) is 9.53 Å². The molecular formula is C13H18N4O3. The summed E-state index contributed by atoms with van der Waals surface area (Å²) in [6, 6.07) is 6.56. The molecule has 0 fully saturated rings.